The molecule has 0 radical (unpaired) electrons. The smallest absolute Gasteiger partial charge is 0.414 e. The molecule has 29 heavy (non-hydrogen) atoms. The molecule has 1 aromatic carbocycles. The predicted octanol–water partition coefficient (Wildman–Crippen LogP) is 2.85. The average molecular weight is 395 g/mol. The number of furan rings is 1. The molecular weight excluding hydrogens is 374 g/mol. The number of aliphatic carboxylic acids is 2. The normalized spacial score (nSPS) is 16.2. The lowest BCUT2D eigenvalue weighted by molar-refractivity contribution is -0.159. The zero-order chi connectivity index (χ0) is 20.8. The van der Waals surface area contributed by atoms with E-state index in [1.54, 1.807) is 6.26 Å². The number of nitrogens with one attached hydrogen (secondary N) is 1. The SMILES string of the molecule is N#Cc1ccc2[nH]cc(CC3CCN(Cc4ccco4)C3)c2c1.O=C(O)C(=O)O. The van der Waals surface area contributed by atoms with Crippen molar-refractivity contribution in [3.05, 3.63) is 59.7 Å². The summed E-state index contributed by atoms with van der Waals surface area (Å²) in [5.74, 6) is -1.95. The lowest BCUT2D eigenvalue weighted by Gasteiger charge is -2.14. The maximum atomic E-state index is 9.10. The Balaban J connectivity index is 0.000000353. The minimum atomic E-state index is -1.82. The Morgan fingerprint density at radius 3 is 2.72 bits per heavy atom. The molecule has 150 valence electrons. The minimum absolute atomic E-state index is 0.662. The van der Waals surface area contributed by atoms with Crippen LogP contribution in [0.15, 0.2) is 47.2 Å². The molecule has 0 bridgehead atoms. The van der Waals surface area contributed by atoms with E-state index in [-0.39, 0.29) is 0 Å². The lowest BCUT2D eigenvalue weighted by atomic mass is 9.98. The van der Waals surface area contributed by atoms with Crippen LogP contribution >= 0.6 is 0 Å². The molecule has 0 amide bonds. The number of carboxylic acid groups (broad SMARTS) is 2. The number of carboxylic acids is 2. The number of fused-ring (bicyclic) bond motifs is 1. The van der Waals surface area contributed by atoms with Crippen LogP contribution in [0.3, 0.4) is 0 Å². The van der Waals surface area contributed by atoms with Crippen LogP contribution in [0.1, 0.15) is 23.3 Å². The van der Waals surface area contributed by atoms with Crippen LogP contribution < -0.4 is 0 Å². The summed E-state index contributed by atoms with van der Waals surface area (Å²) in [6.07, 6.45) is 6.11. The van der Waals surface area contributed by atoms with Crippen molar-refractivity contribution >= 4 is 22.8 Å². The van der Waals surface area contributed by atoms with Gasteiger partial charge in [-0.2, -0.15) is 5.26 Å². The largest absolute Gasteiger partial charge is 0.473 e. The molecule has 0 aliphatic carbocycles. The highest BCUT2D eigenvalue weighted by Crippen LogP contribution is 2.27. The minimum Gasteiger partial charge on any atom is -0.473 e. The van der Waals surface area contributed by atoms with Gasteiger partial charge in [0, 0.05) is 23.6 Å². The second-order valence-corrected chi connectivity index (χ2v) is 6.97. The first-order valence-electron chi connectivity index (χ1n) is 9.17. The summed E-state index contributed by atoms with van der Waals surface area (Å²) < 4.78 is 5.44. The number of rotatable bonds is 4. The van der Waals surface area contributed by atoms with E-state index in [4.69, 9.17) is 29.5 Å². The molecule has 1 saturated heterocycles. The van der Waals surface area contributed by atoms with Crippen LogP contribution in [0, 0.1) is 17.2 Å². The molecule has 1 atom stereocenters. The van der Waals surface area contributed by atoms with Crippen molar-refractivity contribution in [2.75, 3.05) is 13.1 Å². The average Bonchev–Trinajstić information content (AvgIpc) is 3.45. The molecule has 0 saturated carbocycles. The van der Waals surface area contributed by atoms with E-state index in [1.807, 2.05) is 30.3 Å². The van der Waals surface area contributed by atoms with Crippen LogP contribution in [0.25, 0.3) is 10.9 Å². The third kappa shape index (κ3) is 5.24. The number of aromatic nitrogens is 1. The first-order chi connectivity index (χ1) is 14.0. The van der Waals surface area contributed by atoms with Gasteiger partial charge in [-0.1, -0.05) is 0 Å². The van der Waals surface area contributed by atoms with Crippen molar-refractivity contribution in [1.29, 1.82) is 5.26 Å². The fraction of sp³-hybridized carbons (Fsp3) is 0.286. The molecule has 1 aliphatic heterocycles. The summed E-state index contributed by atoms with van der Waals surface area (Å²) in [5, 5.41) is 25.1. The molecule has 3 aromatic rings. The van der Waals surface area contributed by atoms with E-state index in [0.717, 1.165) is 42.9 Å². The van der Waals surface area contributed by atoms with Crippen molar-refractivity contribution in [3.63, 3.8) is 0 Å². The maximum Gasteiger partial charge on any atom is 0.414 e. The van der Waals surface area contributed by atoms with Crippen LogP contribution in [0.4, 0.5) is 0 Å². The van der Waals surface area contributed by atoms with Crippen LogP contribution in [-0.2, 0) is 22.6 Å². The lowest BCUT2D eigenvalue weighted by Crippen LogP contribution is -2.20. The summed E-state index contributed by atoms with van der Waals surface area (Å²) in [6, 6.07) is 12.1. The maximum absolute atomic E-state index is 9.10. The van der Waals surface area contributed by atoms with Gasteiger partial charge in [-0.05, 0) is 61.2 Å². The van der Waals surface area contributed by atoms with E-state index in [2.05, 4.69) is 22.1 Å². The Bertz CT molecular complexity index is 1020. The van der Waals surface area contributed by atoms with Crippen molar-refractivity contribution in [2.24, 2.45) is 5.92 Å². The zero-order valence-corrected chi connectivity index (χ0v) is 15.7. The number of benzene rings is 1. The monoisotopic (exact) mass is 395 g/mol. The number of likely N-dealkylation sites (tertiary alicyclic amines) is 1. The number of carbonyl (C=O) groups is 2. The number of aromatic amines is 1. The van der Waals surface area contributed by atoms with E-state index in [1.165, 1.54) is 17.4 Å². The highest BCUT2D eigenvalue weighted by Gasteiger charge is 2.24. The van der Waals surface area contributed by atoms with E-state index in [0.29, 0.717) is 5.92 Å². The number of nitrogens with zero attached hydrogens (tertiary/aromatic N) is 2. The Kier molecular flexibility index (Phi) is 6.32. The molecule has 8 heteroatoms. The van der Waals surface area contributed by atoms with Gasteiger partial charge in [-0.15, -0.1) is 0 Å². The molecule has 1 fully saturated rings. The first-order valence-corrected chi connectivity index (χ1v) is 9.17. The van der Waals surface area contributed by atoms with Gasteiger partial charge in [0.05, 0.1) is 24.4 Å². The summed E-state index contributed by atoms with van der Waals surface area (Å²) in [4.78, 5) is 24.0. The fourth-order valence-corrected chi connectivity index (χ4v) is 3.57. The molecule has 0 spiro atoms. The van der Waals surface area contributed by atoms with Crippen molar-refractivity contribution in [2.45, 2.75) is 19.4 Å². The molecule has 1 unspecified atom stereocenters. The van der Waals surface area contributed by atoms with E-state index < -0.39 is 11.9 Å². The Morgan fingerprint density at radius 2 is 2.07 bits per heavy atom. The molecule has 3 heterocycles. The van der Waals surface area contributed by atoms with Gasteiger partial charge in [-0.3, -0.25) is 4.90 Å². The zero-order valence-electron chi connectivity index (χ0n) is 15.7. The molecular formula is C21H21N3O5. The second kappa shape index (κ2) is 9.08. The van der Waals surface area contributed by atoms with Gasteiger partial charge in [0.15, 0.2) is 0 Å². The molecule has 4 rings (SSSR count). The highest BCUT2D eigenvalue weighted by molar-refractivity contribution is 6.27. The summed E-state index contributed by atoms with van der Waals surface area (Å²) in [5.41, 5.74) is 3.16. The van der Waals surface area contributed by atoms with Crippen LogP contribution in [0.5, 0.6) is 0 Å². The van der Waals surface area contributed by atoms with Crippen LogP contribution in [-0.4, -0.2) is 45.1 Å². The van der Waals surface area contributed by atoms with E-state index in [9.17, 15) is 0 Å². The molecule has 8 nitrogen and oxygen atoms in total. The van der Waals surface area contributed by atoms with Crippen molar-refractivity contribution in [3.8, 4) is 6.07 Å². The van der Waals surface area contributed by atoms with Crippen molar-refractivity contribution < 1.29 is 24.2 Å². The number of hydrogen-bond acceptors (Lipinski definition) is 5. The Labute approximate surface area is 167 Å². The van der Waals surface area contributed by atoms with Gasteiger partial charge in [0.2, 0.25) is 0 Å². The molecule has 2 aromatic heterocycles. The summed E-state index contributed by atoms with van der Waals surface area (Å²) >= 11 is 0. The van der Waals surface area contributed by atoms with Gasteiger partial charge in [0.1, 0.15) is 5.76 Å². The predicted molar refractivity (Wildman–Crippen MR) is 104 cm³/mol. The van der Waals surface area contributed by atoms with Gasteiger partial charge in [-0.25, -0.2) is 9.59 Å². The second-order valence-electron chi connectivity index (χ2n) is 6.97. The quantitative estimate of drug-likeness (QED) is 0.579. The fourth-order valence-electron chi connectivity index (χ4n) is 3.57. The van der Waals surface area contributed by atoms with Crippen molar-refractivity contribution in [1.82, 2.24) is 9.88 Å². The third-order valence-corrected chi connectivity index (χ3v) is 4.92. The molecule has 1 aliphatic rings. The van der Waals surface area contributed by atoms with Crippen LogP contribution in [0.2, 0.25) is 0 Å². The Morgan fingerprint density at radius 1 is 1.28 bits per heavy atom. The number of H-pyrrole nitrogens is 1. The highest BCUT2D eigenvalue weighted by atomic mass is 16.4. The van der Waals surface area contributed by atoms with E-state index >= 15 is 0 Å². The first kappa shape index (κ1) is 20.2. The Hall–Kier alpha value is -3.57. The summed E-state index contributed by atoms with van der Waals surface area (Å²) in [7, 11) is 0. The number of nitriles is 1. The number of hydrogen-bond donors (Lipinski definition) is 3. The molecule has 3 N–H and O–H groups in total. The topological polar surface area (TPSA) is 131 Å². The summed E-state index contributed by atoms with van der Waals surface area (Å²) in [6.45, 7) is 3.12. The third-order valence-electron chi connectivity index (χ3n) is 4.92. The standard InChI is InChI=1S/C19H19N3O.C2H2O4/c20-10-14-3-4-19-18(9-14)16(11-21-19)8-15-5-6-22(12-15)13-17-2-1-7-23-17;3-1(4)2(5)6/h1-4,7,9,11,15,21H,5-6,8,12-13H2;(H,3,4)(H,5,6). The van der Waals surface area contributed by atoms with Gasteiger partial charge >= 0.3 is 11.9 Å². The van der Waals surface area contributed by atoms with Gasteiger partial charge < -0.3 is 19.6 Å². The van der Waals surface area contributed by atoms with Gasteiger partial charge in [0.25, 0.3) is 0 Å².